The molecule has 0 saturated heterocycles. The van der Waals surface area contributed by atoms with E-state index < -0.39 is 0 Å². The molecule has 0 unspecified atom stereocenters. The van der Waals surface area contributed by atoms with E-state index in [9.17, 15) is 0 Å². The molecule has 2 heterocycles. The minimum atomic E-state index is 0.188. The van der Waals surface area contributed by atoms with Crippen LogP contribution >= 0.6 is 0 Å². The monoisotopic (exact) mass is 846 g/mol. The van der Waals surface area contributed by atoms with Crippen LogP contribution in [0, 0.1) is 55.4 Å². The summed E-state index contributed by atoms with van der Waals surface area (Å²) in [5, 5.41) is 9.03. The molecule has 9 aromatic carbocycles. The maximum Gasteiger partial charge on any atom is 0.139 e. The maximum absolute atomic E-state index is 7.02. The Morgan fingerprint density at radius 3 is 1.14 bits per heavy atom. The molecule has 0 saturated carbocycles. The van der Waals surface area contributed by atoms with Crippen LogP contribution in [0.5, 0.6) is 0 Å². The predicted molar refractivity (Wildman–Crippen MR) is 277 cm³/mol. The Balaban J connectivity index is 1.07. The predicted octanol–water partition coefficient (Wildman–Crippen LogP) is 18.3. The molecule has 11 aromatic rings. The summed E-state index contributed by atoms with van der Waals surface area (Å²) in [5.74, 6) is 0.188. The highest BCUT2D eigenvalue weighted by Crippen LogP contribution is 2.48. The van der Waals surface area contributed by atoms with Crippen molar-refractivity contribution in [3.05, 3.63) is 190 Å². The number of rotatable bonds is 7. The summed E-state index contributed by atoms with van der Waals surface area (Å²) in [6, 6.07) is 51.3. The molecule has 0 N–H and O–H groups in total. The number of fused-ring (bicyclic) bond motifs is 8. The van der Waals surface area contributed by atoms with Gasteiger partial charge in [0.1, 0.15) is 22.3 Å². The molecule has 0 amide bonds. The Morgan fingerprint density at radius 1 is 0.354 bits per heavy atom. The molecule has 0 spiro atoms. The first-order valence-electron chi connectivity index (χ1n) is 22.9. The van der Waals surface area contributed by atoms with Crippen molar-refractivity contribution in [2.24, 2.45) is 0 Å². The van der Waals surface area contributed by atoms with Crippen LogP contribution in [-0.2, 0) is 0 Å². The molecule has 0 atom stereocenters. The summed E-state index contributed by atoms with van der Waals surface area (Å²) in [6.07, 6.45) is 0. The first-order valence-corrected chi connectivity index (χ1v) is 22.9. The number of para-hydroxylation sites is 4. The van der Waals surface area contributed by atoms with Crippen LogP contribution in [-0.4, -0.2) is 0 Å². The molecular weight excluding hydrogens is 793 g/mol. The zero-order valence-electron chi connectivity index (χ0n) is 39.1. The molecule has 0 aliphatic rings. The molecule has 2 aromatic heterocycles. The number of hydrogen-bond acceptors (Lipinski definition) is 4. The van der Waals surface area contributed by atoms with Crippen LogP contribution < -0.4 is 9.80 Å². The summed E-state index contributed by atoms with van der Waals surface area (Å²) in [6.45, 7) is 22.2. The van der Waals surface area contributed by atoms with Gasteiger partial charge in [-0.05, 0) is 182 Å². The smallest absolute Gasteiger partial charge is 0.139 e. The number of hydrogen-bond donors (Lipinski definition) is 0. The van der Waals surface area contributed by atoms with Crippen molar-refractivity contribution in [2.75, 3.05) is 9.80 Å². The van der Waals surface area contributed by atoms with Crippen LogP contribution in [0.3, 0.4) is 0 Å². The van der Waals surface area contributed by atoms with E-state index >= 15 is 0 Å². The Labute approximate surface area is 381 Å². The van der Waals surface area contributed by atoms with Crippen LogP contribution in [0.2, 0.25) is 0 Å². The van der Waals surface area contributed by atoms with Crippen molar-refractivity contribution >= 4 is 99.5 Å². The maximum atomic E-state index is 7.02. The molecule has 11 rings (SSSR count). The molecule has 0 aliphatic heterocycles. The van der Waals surface area contributed by atoms with Gasteiger partial charge in [0.05, 0.1) is 22.7 Å². The fraction of sp³-hybridized carbons (Fsp3) is 0.180. The fourth-order valence-electron chi connectivity index (χ4n) is 10.9. The van der Waals surface area contributed by atoms with Crippen molar-refractivity contribution in [2.45, 2.75) is 75.2 Å². The highest BCUT2D eigenvalue weighted by atomic mass is 16.3. The lowest BCUT2D eigenvalue weighted by Gasteiger charge is -2.31. The zero-order valence-corrected chi connectivity index (χ0v) is 39.1. The molecule has 0 aliphatic carbocycles. The molecule has 4 heteroatoms. The standard InChI is InChI=1S/C61H54N2O2/c1-34(2)55-56-51-30-44-24-26-48(63(59-39(7)19-13-20-40(59)8)60-41(9)21-14-22-42(60)10)28-46(44)32-53(51)64-54(56)33-50-49-29-43-23-25-47(27-45(43)31-52(49)65-61(50)55)62(57-35(3)15-11-16-36(57)4)58-37(5)17-12-18-38(58)6/h11-34H,1-10H3. The number of aryl methyl sites for hydroxylation is 8. The number of benzene rings is 9. The van der Waals surface area contributed by atoms with Crippen molar-refractivity contribution in [3.63, 3.8) is 0 Å². The SMILES string of the molecule is Cc1cccc(C)c1N(c1ccc2cc3c(cc2c1)oc1c(C(C)C)c2c(cc13)oc1cc3cc(N(c4c(C)cccc4C)c4c(C)cccc4C)ccc3cc12)c1c(C)cccc1C. The number of anilines is 6. The Hall–Kier alpha value is -7.30. The Morgan fingerprint density at radius 2 is 0.738 bits per heavy atom. The Kier molecular flexibility index (Phi) is 9.44. The summed E-state index contributed by atoms with van der Waals surface area (Å²) in [4.78, 5) is 4.90. The summed E-state index contributed by atoms with van der Waals surface area (Å²) >= 11 is 0. The van der Waals surface area contributed by atoms with E-state index in [2.05, 4.69) is 219 Å². The van der Waals surface area contributed by atoms with Gasteiger partial charge in [-0.15, -0.1) is 0 Å². The van der Waals surface area contributed by atoms with Gasteiger partial charge in [0.25, 0.3) is 0 Å². The van der Waals surface area contributed by atoms with E-state index in [-0.39, 0.29) is 5.92 Å². The van der Waals surface area contributed by atoms with Gasteiger partial charge < -0.3 is 18.6 Å². The third-order valence-corrected chi connectivity index (χ3v) is 13.9. The summed E-state index contributed by atoms with van der Waals surface area (Å²) < 4.78 is 13.9. The third-order valence-electron chi connectivity index (χ3n) is 13.9. The van der Waals surface area contributed by atoms with Crippen LogP contribution in [0.15, 0.2) is 148 Å². The lowest BCUT2D eigenvalue weighted by Crippen LogP contribution is -2.15. The van der Waals surface area contributed by atoms with Gasteiger partial charge in [0.15, 0.2) is 0 Å². The van der Waals surface area contributed by atoms with Gasteiger partial charge in [0.2, 0.25) is 0 Å². The van der Waals surface area contributed by atoms with E-state index in [4.69, 9.17) is 8.83 Å². The molecular formula is C61H54N2O2. The van der Waals surface area contributed by atoms with Gasteiger partial charge >= 0.3 is 0 Å². The summed E-state index contributed by atoms with van der Waals surface area (Å²) in [7, 11) is 0. The van der Waals surface area contributed by atoms with Crippen molar-refractivity contribution in [3.8, 4) is 0 Å². The largest absolute Gasteiger partial charge is 0.456 e. The van der Waals surface area contributed by atoms with Gasteiger partial charge in [-0.25, -0.2) is 0 Å². The highest BCUT2D eigenvalue weighted by Gasteiger charge is 2.25. The van der Waals surface area contributed by atoms with E-state index in [1.807, 2.05) is 0 Å². The highest BCUT2D eigenvalue weighted by molar-refractivity contribution is 6.20. The quantitative estimate of drug-likeness (QED) is 0.160. The second-order valence-corrected chi connectivity index (χ2v) is 18.8. The lowest BCUT2D eigenvalue weighted by atomic mass is 9.93. The molecule has 320 valence electrons. The second kappa shape index (κ2) is 15.2. The molecule has 4 nitrogen and oxygen atoms in total. The van der Waals surface area contributed by atoms with Crippen molar-refractivity contribution < 1.29 is 8.83 Å². The third kappa shape index (κ3) is 6.41. The first kappa shape index (κ1) is 40.5. The van der Waals surface area contributed by atoms with E-state index in [0.717, 1.165) is 66.0 Å². The topological polar surface area (TPSA) is 32.8 Å². The van der Waals surface area contributed by atoms with Gasteiger partial charge in [-0.2, -0.15) is 0 Å². The first-order chi connectivity index (χ1) is 31.4. The van der Waals surface area contributed by atoms with E-state index in [1.54, 1.807) is 0 Å². The average molecular weight is 847 g/mol. The van der Waals surface area contributed by atoms with Gasteiger partial charge in [0, 0.05) is 38.5 Å². The average Bonchev–Trinajstić information content (AvgIpc) is 3.80. The minimum Gasteiger partial charge on any atom is -0.456 e. The van der Waals surface area contributed by atoms with Crippen LogP contribution in [0.4, 0.5) is 34.1 Å². The molecule has 0 bridgehead atoms. The minimum absolute atomic E-state index is 0.188. The zero-order chi connectivity index (χ0) is 45.0. The Bertz CT molecular complexity index is 3440. The normalized spacial score (nSPS) is 12.0. The molecule has 0 radical (unpaired) electrons. The second-order valence-electron chi connectivity index (χ2n) is 18.8. The summed E-state index contributed by atoms with van der Waals surface area (Å²) in [5.41, 5.74) is 21.8. The fourth-order valence-corrected chi connectivity index (χ4v) is 10.9. The molecule has 0 fully saturated rings. The number of nitrogens with zero attached hydrogens (tertiary/aromatic N) is 2. The van der Waals surface area contributed by atoms with Gasteiger partial charge in [-0.1, -0.05) is 98.8 Å². The molecule has 65 heavy (non-hydrogen) atoms. The lowest BCUT2D eigenvalue weighted by molar-refractivity contribution is 0.655. The van der Waals surface area contributed by atoms with Crippen molar-refractivity contribution in [1.82, 2.24) is 0 Å². The van der Waals surface area contributed by atoms with Crippen LogP contribution in [0.25, 0.3) is 65.4 Å². The van der Waals surface area contributed by atoms with Gasteiger partial charge in [-0.3, -0.25) is 0 Å². The van der Waals surface area contributed by atoms with Crippen LogP contribution in [0.1, 0.15) is 69.8 Å². The van der Waals surface area contributed by atoms with E-state index in [1.165, 1.54) is 83.6 Å². The van der Waals surface area contributed by atoms with E-state index in [0.29, 0.717) is 0 Å². The number of furan rings is 2. The van der Waals surface area contributed by atoms with Crippen molar-refractivity contribution in [1.29, 1.82) is 0 Å².